The Bertz CT molecular complexity index is 995. The van der Waals surface area contributed by atoms with E-state index < -0.39 is 0 Å². The summed E-state index contributed by atoms with van der Waals surface area (Å²) in [4.78, 5) is 2.20. The second-order valence-corrected chi connectivity index (χ2v) is 7.06. The Morgan fingerprint density at radius 3 is 2.38 bits per heavy atom. The monoisotopic (exact) mass is 413 g/mol. The van der Waals surface area contributed by atoms with Crippen LogP contribution >= 0.6 is 12.2 Å². The van der Waals surface area contributed by atoms with Gasteiger partial charge in [0, 0.05) is 24.6 Å². The molecule has 0 unspecified atom stereocenters. The topological polar surface area (TPSA) is 40.8 Å². The van der Waals surface area contributed by atoms with E-state index in [-0.39, 0.29) is 0 Å². The molecule has 0 N–H and O–H groups in total. The first-order valence-electron chi connectivity index (χ1n) is 9.46. The largest absolute Gasteiger partial charge is 0.497 e. The van der Waals surface area contributed by atoms with E-state index >= 15 is 0 Å². The highest BCUT2D eigenvalue weighted by Crippen LogP contribution is 2.28. The number of ether oxygens (including phenoxy) is 3. The Morgan fingerprint density at radius 2 is 1.72 bits per heavy atom. The molecule has 0 spiro atoms. The molecule has 0 saturated carbocycles. The van der Waals surface area contributed by atoms with E-state index in [1.165, 1.54) is 0 Å². The van der Waals surface area contributed by atoms with E-state index in [0.717, 1.165) is 39.8 Å². The van der Waals surface area contributed by atoms with Crippen molar-refractivity contribution in [1.82, 2.24) is 14.0 Å². The molecule has 1 aromatic heterocycles. The second kappa shape index (κ2) is 9.62. The summed E-state index contributed by atoms with van der Waals surface area (Å²) in [6.45, 7) is 4.01. The van der Waals surface area contributed by atoms with Gasteiger partial charge in [-0.25, -0.2) is 0 Å². The quantitative estimate of drug-likeness (QED) is 0.483. The predicted molar refractivity (Wildman–Crippen MR) is 117 cm³/mol. The molecule has 29 heavy (non-hydrogen) atoms. The third-order valence-corrected chi connectivity index (χ3v) is 5.00. The van der Waals surface area contributed by atoms with Gasteiger partial charge in [0.25, 0.3) is 0 Å². The standard InChI is InChI=1S/C22H27N3O3S/c1-5-28-20-11-6-17(14-21(20)27-4)15-23(2)16-24-12-13-25(22(24)29)18-7-9-19(26-3)10-8-18/h6-14H,5,15-16H2,1-4H3. The molecule has 0 radical (unpaired) electrons. The van der Waals surface area contributed by atoms with Crippen molar-refractivity contribution in [2.75, 3.05) is 27.9 Å². The Balaban J connectivity index is 1.70. The van der Waals surface area contributed by atoms with Crippen LogP contribution in [0.2, 0.25) is 0 Å². The molecule has 1 heterocycles. The van der Waals surface area contributed by atoms with Gasteiger partial charge in [-0.15, -0.1) is 0 Å². The van der Waals surface area contributed by atoms with E-state index in [0.29, 0.717) is 13.3 Å². The fraction of sp³-hybridized carbons (Fsp3) is 0.318. The molecule has 0 aliphatic heterocycles. The summed E-state index contributed by atoms with van der Waals surface area (Å²) < 4.78 is 21.0. The van der Waals surface area contributed by atoms with Crippen molar-refractivity contribution in [3.8, 4) is 22.9 Å². The number of methoxy groups -OCH3 is 2. The number of benzene rings is 2. The molecule has 7 heteroatoms. The Labute approximate surface area is 176 Å². The van der Waals surface area contributed by atoms with Crippen molar-refractivity contribution in [3.63, 3.8) is 0 Å². The molecule has 0 aliphatic carbocycles. The number of hydrogen-bond donors (Lipinski definition) is 0. The summed E-state index contributed by atoms with van der Waals surface area (Å²) in [6.07, 6.45) is 3.99. The van der Waals surface area contributed by atoms with Crippen LogP contribution in [-0.4, -0.2) is 41.9 Å². The van der Waals surface area contributed by atoms with Gasteiger partial charge in [0.05, 0.1) is 27.5 Å². The summed E-state index contributed by atoms with van der Waals surface area (Å²) in [7, 11) is 5.38. The van der Waals surface area contributed by atoms with Crippen molar-refractivity contribution in [2.24, 2.45) is 0 Å². The van der Waals surface area contributed by atoms with Gasteiger partial charge in [-0.3, -0.25) is 9.47 Å². The first-order valence-corrected chi connectivity index (χ1v) is 9.87. The van der Waals surface area contributed by atoms with Crippen LogP contribution in [0.4, 0.5) is 0 Å². The van der Waals surface area contributed by atoms with Crippen molar-refractivity contribution in [1.29, 1.82) is 0 Å². The number of hydrogen-bond acceptors (Lipinski definition) is 5. The van der Waals surface area contributed by atoms with Gasteiger partial charge in [0.15, 0.2) is 16.3 Å². The molecule has 0 fully saturated rings. The van der Waals surface area contributed by atoms with Gasteiger partial charge in [-0.2, -0.15) is 0 Å². The van der Waals surface area contributed by atoms with E-state index in [2.05, 4.69) is 18.0 Å². The lowest BCUT2D eigenvalue weighted by Crippen LogP contribution is -2.21. The number of rotatable bonds is 9. The minimum absolute atomic E-state index is 0.610. The summed E-state index contributed by atoms with van der Waals surface area (Å²) in [5.41, 5.74) is 2.15. The molecule has 0 amide bonds. The molecule has 0 bridgehead atoms. The van der Waals surface area contributed by atoms with E-state index in [9.17, 15) is 0 Å². The average Bonchev–Trinajstić information content (AvgIpc) is 3.09. The van der Waals surface area contributed by atoms with Gasteiger partial charge in [-0.1, -0.05) is 6.07 Å². The maximum atomic E-state index is 5.67. The Hall–Kier alpha value is -2.77. The van der Waals surface area contributed by atoms with Crippen molar-refractivity contribution in [2.45, 2.75) is 20.1 Å². The minimum atomic E-state index is 0.610. The third kappa shape index (κ3) is 4.99. The van der Waals surface area contributed by atoms with Crippen LogP contribution in [0, 0.1) is 4.77 Å². The molecular weight excluding hydrogens is 386 g/mol. The molecule has 0 aliphatic rings. The van der Waals surface area contributed by atoms with Gasteiger partial charge in [0.1, 0.15) is 5.75 Å². The first-order chi connectivity index (χ1) is 14.0. The van der Waals surface area contributed by atoms with E-state index in [4.69, 9.17) is 26.4 Å². The Morgan fingerprint density at radius 1 is 0.966 bits per heavy atom. The van der Waals surface area contributed by atoms with Gasteiger partial charge >= 0.3 is 0 Å². The zero-order valence-corrected chi connectivity index (χ0v) is 18.1. The number of aromatic nitrogens is 2. The molecule has 3 rings (SSSR count). The summed E-state index contributed by atoms with van der Waals surface area (Å²) in [6, 6.07) is 13.9. The predicted octanol–water partition coefficient (Wildman–Crippen LogP) is 4.51. The van der Waals surface area contributed by atoms with E-state index in [1.54, 1.807) is 14.2 Å². The van der Waals surface area contributed by atoms with Crippen molar-refractivity contribution in [3.05, 3.63) is 65.2 Å². The van der Waals surface area contributed by atoms with Crippen LogP contribution in [0.25, 0.3) is 5.69 Å². The summed E-state index contributed by atoms with van der Waals surface area (Å²) in [5.74, 6) is 2.34. The van der Waals surface area contributed by atoms with Crippen LogP contribution in [-0.2, 0) is 13.2 Å². The SMILES string of the molecule is CCOc1ccc(CN(C)Cn2ccn(-c3ccc(OC)cc3)c2=S)cc1OC. The van der Waals surface area contributed by atoms with Gasteiger partial charge in [-0.05, 0) is 68.2 Å². The van der Waals surface area contributed by atoms with Crippen LogP contribution in [0.3, 0.4) is 0 Å². The highest BCUT2D eigenvalue weighted by atomic mass is 32.1. The van der Waals surface area contributed by atoms with Crippen LogP contribution in [0.5, 0.6) is 17.2 Å². The molecule has 0 atom stereocenters. The first kappa shape index (κ1) is 21.0. The summed E-state index contributed by atoms with van der Waals surface area (Å²) in [5, 5.41) is 0. The fourth-order valence-corrected chi connectivity index (χ4v) is 3.45. The van der Waals surface area contributed by atoms with Crippen LogP contribution < -0.4 is 14.2 Å². The average molecular weight is 414 g/mol. The van der Waals surface area contributed by atoms with Gasteiger partial charge in [0.2, 0.25) is 0 Å². The number of nitrogens with zero attached hydrogens (tertiary/aromatic N) is 3. The van der Waals surface area contributed by atoms with Crippen LogP contribution in [0.15, 0.2) is 54.9 Å². The highest BCUT2D eigenvalue weighted by molar-refractivity contribution is 7.71. The summed E-state index contributed by atoms with van der Waals surface area (Å²) >= 11 is 5.67. The fourth-order valence-electron chi connectivity index (χ4n) is 3.17. The maximum Gasteiger partial charge on any atom is 0.185 e. The van der Waals surface area contributed by atoms with Crippen LogP contribution in [0.1, 0.15) is 12.5 Å². The lowest BCUT2D eigenvalue weighted by atomic mass is 10.2. The lowest BCUT2D eigenvalue weighted by molar-refractivity contribution is 0.257. The molecule has 6 nitrogen and oxygen atoms in total. The van der Waals surface area contributed by atoms with Crippen molar-refractivity contribution >= 4 is 12.2 Å². The van der Waals surface area contributed by atoms with Crippen molar-refractivity contribution < 1.29 is 14.2 Å². The normalized spacial score (nSPS) is 10.9. The van der Waals surface area contributed by atoms with E-state index in [1.807, 2.05) is 64.8 Å². The maximum absolute atomic E-state index is 5.67. The molecular formula is C22H27N3O3S. The zero-order chi connectivity index (χ0) is 20.8. The molecule has 3 aromatic rings. The lowest BCUT2D eigenvalue weighted by Gasteiger charge is -2.18. The van der Waals surface area contributed by atoms with Gasteiger partial charge < -0.3 is 18.8 Å². The third-order valence-electron chi connectivity index (χ3n) is 4.57. The molecule has 154 valence electrons. The molecule has 0 saturated heterocycles. The molecule has 2 aromatic carbocycles. The smallest absolute Gasteiger partial charge is 0.185 e. The number of imidazole rings is 1. The Kier molecular flexibility index (Phi) is 6.95. The zero-order valence-electron chi connectivity index (χ0n) is 17.3. The second-order valence-electron chi connectivity index (χ2n) is 6.69. The minimum Gasteiger partial charge on any atom is -0.497 e. The highest BCUT2D eigenvalue weighted by Gasteiger charge is 2.09.